The van der Waals surface area contributed by atoms with Crippen molar-refractivity contribution in [2.24, 2.45) is 16.6 Å². The second-order valence-corrected chi connectivity index (χ2v) is 4.86. The molecule has 0 bridgehead atoms. The van der Waals surface area contributed by atoms with Crippen LogP contribution in [0.25, 0.3) is 0 Å². The van der Waals surface area contributed by atoms with Crippen molar-refractivity contribution in [1.82, 2.24) is 4.90 Å². The van der Waals surface area contributed by atoms with Crippen LogP contribution in [0.5, 0.6) is 0 Å². The second-order valence-electron chi connectivity index (χ2n) is 4.86. The van der Waals surface area contributed by atoms with Crippen molar-refractivity contribution in [2.45, 2.75) is 12.0 Å². The van der Waals surface area contributed by atoms with Crippen LogP contribution in [0, 0.1) is 0 Å². The van der Waals surface area contributed by atoms with Crippen LogP contribution in [-0.4, -0.2) is 47.5 Å². The zero-order valence-corrected chi connectivity index (χ0v) is 12.0. The van der Waals surface area contributed by atoms with Gasteiger partial charge in [0.15, 0.2) is 11.3 Å². The lowest BCUT2D eigenvalue weighted by Gasteiger charge is -2.32. The number of benzene rings is 1. The van der Waals surface area contributed by atoms with Crippen molar-refractivity contribution in [3.63, 3.8) is 0 Å². The molecule has 0 saturated carbocycles. The number of hydrogen-bond acceptors (Lipinski definition) is 5. The molecule has 1 atom stereocenters. The number of hydrogen-bond donors (Lipinski definition) is 2. The molecule has 1 aromatic rings. The van der Waals surface area contributed by atoms with Gasteiger partial charge in [-0.25, -0.2) is 4.79 Å². The predicted molar refractivity (Wildman–Crippen MR) is 78.0 cm³/mol. The van der Waals surface area contributed by atoms with Crippen LogP contribution in [0.15, 0.2) is 35.5 Å². The molecule has 1 aliphatic heterocycles. The topological polar surface area (TPSA) is 128 Å². The first-order valence-electron chi connectivity index (χ1n) is 6.49. The summed E-state index contributed by atoms with van der Waals surface area (Å²) < 4.78 is 0. The smallest absolute Gasteiger partial charge is 0.316 e. The molecule has 3 amide bonds. The number of oxime groups is 1. The lowest BCUT2D eigenvalue weighted by Crippen LogP contribution is -2.62. The van der Waals surface area contributed by atoms with Crippen molar-refractivity contribution >= 4 is 23.4 Å². The summed E-state index contributed by atoms with van der Waals surface area (Å²) in [5.41, 5.74) is 9.48. The Morgan fingerprint density at radius 1 is 1.23 bits per heavy atom. The molecule has 1 saturated heterocycles. The van der Waals surface area contributed by atoms with Crippen molar-refractivity contribution in [3.05, 3.63) is 35.9 Å². The molecule has 8 nitrogen and oxygen atoms in total. The molecule has 0 radical (unpaired) electrons. The summed E-state index contributed by atoms with van der Waals surface area (Å²) in [7, 11) is 1.32. The third-order valence-electron chi connectivity index (χ3n) is 3.57. The maximum atomic E-state index is 12.8. The Morgan fingerprint density at radius 3 is 2.36 bits per heavy atom. The van der Waals surface area contributed by atoms with Gasteiger partial charge in [0.25, 0.3) is 5.91 Å². The fourth-order valence-corrected chi connectivity index (χ4v) is 2.58. The number of primary amides is 2. The first kappa shape index (κ1) is 15.5. The van der Waals surface area contributed by atoms with Gasteiger partial charge in [-0.1, -0.05) is 35.5 Å². The second kappa shape index (κ2) is 5.84. The van der Waals surface area contributed by atoms with E-state index in [4.69, 9.17) is 11.5 Å². The van der Waals surface area contributed by atoms with Gasteiger partial charge in [-0.3, -0.25) is 14.5 Å². The van der Waals surface area contributed by atoms with E-state index in [1.165, 1.54) is 19.2 Å². The molecule has 1 fully saturated rings. The molecule has 116 valence electrons. The standard InChI is InChI=1S/C14H16N4O4/c1-22-17-10-7-14(12(15)20,18(8-10)13(16)21)11(19)9-5-3-2-4-6-9/h2-6H,7-8H2,1H3,(H2,15,20)(H2,16,21). The Balaban J connectivity index is 2.55. The van der Waals surface area contributed by atoms with E-state index < -0.39 is 23.3 Å². The highest BCUT2D eigenvalue weighted by Crippen LogP contribution is 2.31. The predicted octanol–water partition coefficient (Wildman–Crippen LogP) is -0.120. The number of nitrogens with zero attached hydrogens (tertiary/aromatic N) is 2. The summed E-state index contributed by atoms with van der Waals surface area (Å²) in [5, 5.41) is 3.72. The summed E-state index contributed by atoms with van der Waals surface area (Å²) in [6.45, 7) is -0.0926. The van der Waals surface area contributed by atoms with Crippen LogP contribution < -0.4 is 11.5 Å². The minimum Gasteiger partial charge on any atom is -0.399 e. The first-order chi connectivity index (χ1) is 10.4. The van der Waals surface area contributed by atoms with Gasteiger partial charge in [0, 0.05) is 12.0 Å². The molecular weight excluding hydrogens is 288 g/mol. The lowest BCUT2D eigenvalue weighted by atomic mass is 9.85. The van der Waals surface area contributed by atoms with E-state index >= 15 is 0 Å². The molecule has 2 rings (SSSR count). The van der Waals surface area contributed by atoms with E-state index in [1.54, 1.807) is 18.2 Å². The molecule has 4 N–H and O–H groups in total. The highest BCUT2D eigenvalue weighted by molar-refractivity contribution is 6.23. The summed E-state index contributed by atoms with van der Waals surface area (Å²) in [5.74, 6) is -1.55. The van der Waals surface area contributed by atoms with E-state index in [-0.39, 0.29) is 18.5 Å². The van der Waals surface area contributed by atoms with E-state index in [1.807, 2.05) is 0 Å². The van der Waals surface area contributed by atoms with Gasteiger partial charge >= 0.3 is 6.03 Å². The Hall–Kier alpha value is -2.90. The number of rotatable bonds is 4. The van der Waals surface area contributed by atoms with Crippen LogP contribution in [0.3, 0.4) is 0 Å². The van der Waals surface area contributed by atoms with Crippen LogP contribution in [0.1, 0.15) is 16.8 Å². The Morgan fingerprint density at radius 2 is 1.86 bits per heavy atom. The van der Waals surface area contributed by atoms with E-state index in [2.05, 4.69) is 9.99 Å². The van der Waals surface area contributed by atoms with Crippen LogP contribution in [0.2, 0.25) is 0 Å². The van der Waals surface area contributed by atoms with Gasteiger partial charge in [0.05, 0.1) is 12.3 Å². The van der Waals surface area contributed by atoms with E-state index in [0.717, 1.165) is 4.90 Å². The van der Waals surface area contributed by atoms with Gasteiger partial charge in [-0.2, -0.15) is 0 Å². The molecule has 0 aromatic heterocycles. The number of likely N-dealkylation sites (tertiary alicyclic amines) is 1. The van der Waals surface area contributed by atoms with Crippen molar-refractivity contribution in [1.29, 1.82) is 0 Å². The summed E-state index contributed by atoms with van der Waals surface area (Å²) in [6.07, 6.45) is -0.146. The monoisotopic (exact) mass is 304 g/mol. The van der Waals surface area contributed by atoms with Crippen molar-refractivity contribution < 1.29 is 19.2 Å². The molecular formula is C14H16N4O4. The molecule has 0 spiro atoms. The maximum absolute atomic E-state index is 12.8. The number of nitrogens with two attached hydrogens (primary N) is 2. The lowest BCUT2D eigenvalue weighted by molar-refractivity contribution is -0.124. The number of ketones is 1. The van der Waals surface area contributed by atoms with Gasteiger partial charge in [0.1, 0.15) is 7.11 Å². The molecule has 1 heterocycles. The van der Waals surface area contributed by atoms with Crippen molar-refractivity contribution in [3.8, 4) is 0 Å². The Kier molecular flexibility index (Phi) is 4.11. The fourth-order valence-electron chi connectivity index (χ4n) is 2.58. The Bertz CT molecular complexity index is 644. The highest BCUT2D eigenvalue weighted by atomic mass is 16.6. The molecule has 8 heteroatoms. The summed E-state index contributed by atoms with van der Waals surface area (Å²) >= 11 is 0. The van der Waals surface area contributed by atoms with Crippen LogP contribution in [-0.2, 0) is 9.63 Å². The number of Topliss-reactive ketones (excluding diaryl/α,β-unsaturated/α-hetero) is 1. The quantitative estimate of drug-likeness (QED) is 0.456. The average molecular weight is 304 g/mol. The molecule has 0 aliphatic carbocycles. The molecule has 1 aromatic carbocycles. The number of urea groups is 1. The third kappa shape index (κ3) is 2.39. The average Bonchev–Trinajstić information content (AvgIpc) is 2.89. The summed E-state index contributed by atoms with van der Waals surface area (Å²) in [4.78, 5) is 42.2. The minimum absolute atomic E-state index is 0.0926. The molecule has 22 heavy (non-hydrogen) atoms. The molecule has 1 aliphatic rings. The first-order valence-corrected chi connectivity index (χ1v) is 6.49. The summed E-state index contributed by atoms with van der Waals surface area (Å²) in [6, 6.07) is 7.18. The maximum Gasteiger partial charge on any atom is 0.316 e. The zero-order valence-electron chi connectivity index (χ0n) is 12.0. The van der Waals surface area contributed by atoms with E-state index in [9.17, 15) is 14.4 Å². The van der Waals surface area contributed by atoms with Crippen LogP contribution in [0.4, 0.5) is 4.79 Å². The van der Waals surface area contributed by atoms with Gasteiger partial charge in [-0.05, 0) is 0 Å². The van der Waals surface area contributed by atoms with Gasteiger partial charge in [0.2, 0.25) is 0 Å². The minimum atomic E-state index is -1.88. The Labute approximate surface area is 126 Å². The molecule has 1 unspecified atom stereocenters. The number of amides is 3. The number of carbonyl (C=O) groups is 3. The third-order valence-corrected chi connectivity index (χ3v) is 3.57. The normalized spacial score (nSPS) is 22.6. The fraction of sp³-hybridized carbons (Fsp3) is 0.286. The van der Waals surface area contributed by atoms with E-state index in [0.29, 0.717) is 5.71 Å². The van der Waals surface area contributed by atoms with Gasteiger partial charge < -0.3 is 16.3 Å². The van der Waals surface area contributed by atoms with Crippen molar-refractivity contribution in [2.75, 3.05) is 13.7 Å². The number of carbonyl (C=O) groups excluding carboxylic acids is 3. The highest BCUT2D eigenvalue weighted by Gasteiger charge is 2.56. The van der Waals surface area contributed by atoms with Crippen LogP contribution >= 0.6 is 0 Å². The SMILES string of the molecule is CON=C1CN(C(N)=O)C(C(N)=O)(C(=O)c2ccccc2)C1. The van der Waals surface area contributed by atoms with Gasteiger partial charge in [-0.15, -0.1) is 0 Å². The zero-order chi connectivity index (χ0) is 16.3. The largest absolute Gasteiger partial charge is 0.399 e.